The fourth-order valence-corrected chi connectivity index (χ4v) is 3.57. The molecule has 6 heteroatoms. The monoisotopic (exact) mass is 377 g/mol. The summed E-state index contributed by atoms with van der Waals surface area (Å²) < 4.78 is 10.8. The first-order chi connectivity index (χ1) is 13.5. The summed E-state index contributed by atoms with van der Waals surface area (Å²) in [5.74, 6) is -1.38. The highest BCUT2D eigenvalue weighted by Crippen LogP contribution is 2.32. The average molecular weight is 377 g/mol. The maximum atomic E-state index is 12.9. The lowest BCUT2D eigenvalue weighted by Gasteiger charge is -2.25. The predicted octanol–water partition coefficient (Wildman–Crippen LogP) is 3.32. The van der Waals surface area contributed by atoms with Gasteiger partial charge < -0.3 is 14.1 Å². The summed E-state index contributed by atoms with van der Waals surface area (Å²) in [4.78, 5) is 39.2. The van der Waals surface area contributed by atoms with Crippen LogP contribution in [0.15, 0.2) is 63.8 Å². The summed E-state index contributed by atoms with van der Waals surface area (Å²) in [7, 11) is 0. The number of hydrogen-bond acceptors (Lipinski definition) is 5. The first kappa shape index (κ1) is 18.0. The Labute approximate surface area is 161 Å². The van der Waals surface area contributed by atoms with Crippen LogP contribution in [0.1, 0.15) is 30.0 Å². The van der Waals surface area contributed by atoms with Gasteiger partial charge in [-0.2, -0.15) is 0 Å². The van der Waals surface area contributed by atoms with Crippen LogP contribution in [0.25, 0.3) is 11.0 Å². The third-order valence-electron chi connectivity index (χ3n) is 4.91. The highest BCUT2D eigenvalue weighted by atomic mass is 16.6. The van der Waals surface area contributed by atoms with Gasteiger partial charge in [-0.05, 0) is 44.0 Å². The van der Waals surface area contributed by atoms with Crippen molar-refractivity contribution >= 4 is 28.5 Å². The summed E-state index contributed by atoms with van der Waals surface area (Å²) in [5.41, 5.74) is 1.88. The lowest BCUT2D eigenvalue weighted by molar-refractivity contribution is -0.126. The van der Waals surface area contributed by atoms with E-state index in [9.17, 15) is 14.4 Å². The number of carbonyl (C=O) groups is 2. The number of nitrogens with zero attached hydrogens (tertiary/aromatic N) is 1. The highest BCUT2D eigenvalue weighted by molar-refractivity contribution is 6.00. The number of carbonyl (C=O) groups excluding carboxylic acids is 2. The minimum atomic E-state index is -1.02. The fraction of sp³-hybridized carbons (Fsp3) is 0.227. The summed E-state index contributed by atoms with van der Waals surface area (Å²) in [6.45, 7) is 3.47. The normalized spacial score (nSPS) is 16.6. The van der Waals surface area contributed by atoms with Gasteiger partial charge in [0.25, 0.3) is 5.91 Å². The molecule has 0 unspecified atom stereocenters. The smallest absolute Gasteiger partial charge is 0.375 e. The molecular formula is C22H19NO5. The number of hydrogen-bond donors (Lipinski definition) is 0. The number of anilines is 1. The highest BCUT2D eigenvalue weighted by Gasteiger charge is 2.34. The second kappa shape index (κ2) is 6.96. The van der Waals surface area contributed by atoms with Gasteiger partial charge in [0.1, 0.15) is 5.58 Å². The molecule has 0 saturated carbocycles. The molecule has 1 aromatic heterocycles. The minimum absolute atomic E-state index is 0.0235. The van der Waals surface area contributed by atoms with Crippen molar-refractivity contribution in [2.24, 2.45) is 0 Å². The van der Waals surface area contributed by atoms with Crippen LogP contribution in [-0.2, 0) is 16.0 Å². The Bertz CT molecular complexity index is 1130. The van der Waals surface area contributed by atoms with E-state index in [1.54, 1.807) is 29.2 Å². The van der Waals surface area contributed by atoms with E-state index in [-0.39, 0.29) is 23.1 Å². The summed E-state index contributed by atoms with van der Waals surface area (Å²) in [6.07, 6.45) is -0.264. The van der Waals surface area contributed by atoms with Crippen LogP contribution in [0.5, 0.6) is 0 Å². The lowest BCUT2D eigenvalue weighted by atomic mass is 10.1. The molecule has 6 nitrogen and oxygen atoms in total. The first-order valence-corrected chi connectivity index (χ1v) is 9.10. The molecule has 1 amide bonds. The van der Waals surface area contributed by atoms with Crippen LogP contribution in [0.2, 0.25) is 0 Å². The Morgan fingerprint density at radius 3 is 2.68 bits per heavy atom. The van der Waals surface area contributed by atoms with Crippen LogP contribution >= 0.6 is 0 Å². The van der Waals surface area contributed by atoms with Crippen LogP contribution < -0.4 is 10.3 Å². The van der Waals surface area contributed by atoms with Crippen molar-refractivity contribution in [2.75, 3.05) is 4.90 Å². The van der Waals surface area contributed by atoms with E-state index in [1.807, 2.05) is 31.2 Å². The van der Waals surface area contributed by atoms with E-state index in [0.29, 0.717) is 11.0 Å². The molecule has 142 valence electrons. The Kier molecular flexibility index (Phi) is 4.47. The molecule has 2 atom stereocenters. The van der Waals surface area contributed by atoms with Gasteiger partial charge in [0.15, 0.2) is 11.5 Å². The van der Waals surface area contributed by atoms with E-state index in [0.717, 1.165) is 23.7 Å². The maximum Gasteiger partial charge on any atom is 0.375 e. The quantitative estimate of drug-likeness (QED) is 0.655. The molecule has 1 aliphatic heterocycles. The van der Waals surface area contributed by atoms with E-state index in [1.165, 1.54) is 6.92 Å². The molecule has 0 saturated heterocycles. The Hall–Kier alpha value is -3.41. The van der Waals surface area contributed by atoms with Gasteiger partial charge >= 0.3 is 5.97 Å². The van der Waals surface area contributed by atoms with Crippen LogP contribution in [0, 0.1) is 0 Å². The zero-order chi connectivity index (χ0) is 19.8. The molecule has 4 rings (SSSR count). The van der Waals surface area contributed by atoms with Crippen molar-refractivity contribution < 1.29 is 18.7 Å². The van der Waals surface area contributed by atoms with Gasteiger partial charge in [-0.1, -0.05) is 30.3 Å². The summed E-state index contributed by atoms with van der Waals surface area (Å²) in [5, 5.41) is 0.380. The van der Waals surface area contributed by atoms with Gasteiger partial charge in [0, 0.05) is 17.8 Å². The number of para-hydroxylation sites is 2. The van der Waals surface area contributed by atoms with E-state index < -0.39 is 12.1 Å². The number of esters is 1. The largest absolute Gasteiger partial charge is 0.449 e. The number of benzene rings is 2. The van der Waals surface area contributed by atoms with Crippen molar-refractivity contribution in [1.29, 1.82) is 0 Å². The molecule has 0 N–H and O–H groups in total. The minimum Gasteiger partial charge on any atom is -0.449 e. The fourth-order valence-electron chi connectivity index (χ4n) is 3.57. The maximum absolute atomic E-state index is 12.9. The number of ether oxygens (including phenoxy) is 1. The summed E-state index contributed by atoms with van der Waals surface area (Å²) >= 11 is 0. The number of fused-ring (bicyclic) bond motifs is 2. The molecule has 0 spiro atoms. The molecule has 28 heavy (non-hydrogen) atoms. The van der Waals surface area contributed by atoms with Crippen LogP contribution in [0.3, 0.4) is 0 Å². The van der Waals surface area contributed by atoms with E-state index >= 15 is 0 Å². The predicted molar refractivity (Wildman–Crippen MR) is 104 cm³/mol. The topological polar surface area (TPSA) is 76.8 Å². The zero-order valence-corrected chi connectivity index (χ0v) is 15.5. The molecule has 0 aliphatic carbocycles. The van der Waals surface area contributed by atoms with E-state index in [2.05, 4.69) is 0 Å². The number of rotatable bonds is 3. The molecule has 1 aliphatic rings. The van der Waals surface area contributed by atoms with Crippen LogP contribution in [0.4, 0.5) is 5.69 Å². The van der Waals surface area contributed by atoms with Crippen molar-refractivity contribution in [3.05, 3.63) is 76.1 Å². The SMILES string of the molecule is C[C@H](OC(=O)c1cc(=O)c2ccccc2o1)C(=O)N1c2ccccc2C[C@@H]1C. The van der Waals surface area contributed by atoms with Gasteiger partial charge in [-0.3, -0.25) is 9.59 Å². The molecule has 0 fully saturated rings. The molecule has 0 bridgehead atoms. The van der Waals surface area contributed by atoms with Crippen LogP contribution in [-0.4, -0.2) is 24.0 Å². The van der Waals surface area contributed by atoms with Gasteiger partial charge in [-0.25, -0.2) is 4.79 Å². The van der Waals surface area contributed by atoms with Gasteiger partial charge in [0.2, 0.25) is 5.76 Å². The molecule has 2 aromatic carbocycles. The average Bonchev–Trinajstić information content (AvgIpc) is 3.02. The van der Waals surface area contributed by atoms with Gasteiger partial charge in [0.05, 0.1) is 5.39 Å². The van der Waals surface area contributed by atoms with Crippen molar-refractivity contribution in [3.8, 4) is 0 Å². The molecule has 2 heterocycles. The Morgan fingerprint density at radius 2 is 1.86 bits per heavy atom. The second-order valence-electron chi connectivity index (χ2n) is 6.91. The number of amides is 1. The standard InChI is InChI=1S/C22H19NO5/c1-13-11-15-7-3-5-9-17(15)23(13)21(25)14(2)27-22(26)20-12-18(24)16-8-4-6-10-19(16)28-20/h3-10,12-14H,11H2,1-2H3/t13-,14-/m0/s1. The first-order valence-electron chi connectivity index (χ1n) is 9.10. The third kappa shape index (κ3) is 3.07. The zero-order valence-electron chi connectivity index (χ0n) is 15.5. The Morgan fingerprint density at radius 1 is 1.14 bits per heavy atom. The third-order valence-corrected chi connectivity index (χ3v) is 4.91. The molecule has 0 radical (unpaired) electrons. The van der Waals surface area contributed by atoms with Crippen molar-refractivity contribution in [1.82, 2.24) is 0 Å². The van der Waals surface area contributed by atoms with E-state index in [4.69, 9.17) is 9.15 Å². The second-order valence-corrected chi connectivity index (χ2v) is 6.91. The van der Waals surface area contributed by atoms with Crippen molar-refractivity contribution in [3.63, 3.8) is 0 Å². The van der Waals surface area contributed by atoms with Gasteiger partial charge in [-0.15, -0.1) is 0 Å². The summed E-state index contributed by atoms with van der Waals surface area (Å²) in [6, 6.07) is 15.4. The Balaban J connectivity index is 1.55. The lowest BCUT2D eigenvalue weighted by Crippen LogP contribution is -2.43. The van der Waals surface area contributed by atoms with Crippen molar-refractivity contribution in [2.45, 2.75) is 32.4 Å². The molecule has 3 aromatic rings. The molecular weight excluding hydrogens is 358 g/mol.